The molecule has 0 saturated heterocycles. The molecule has 0 heterocycles. The maximum atomic E-state index is 12.1. The third-order valence-corrected chi connectivity index (χ3v) is 3.47. The molecule has 1 saturated carbocycles. The Balaban J connectivity index is 1.98. The van der Waals surface area contributed by atoms with Gasteiger partial charge in [0.05, 0.1) is 0 Å². The second kappa shape index (κ2) is 6.41. The molecule has 2 N–H and O–H groups in total. The Morgan fingerprint density at radius 3 is 2.50 bits per heavy atom. The van der Waals surface area contributed by atoms with E-state index in [1.807, 2.05) is 37.3 Å². The third-order valence-electron chi connectivity index (χ3n) is 3.47. The first kappa shape index (κ1) is 14.4. The molecule has 0 spiro atoms. The average molecular weight is 276 g/mol. The molecule has 2 rings (SSSR count). The van der Waals surface area contributed by atoms with Crippen LogP contribution in [0.25, 0.3) is 0 Å². The number of benzene rings is 1. The highest BCUT2D eigenvalue weighted by Gasteiger charge is 2.33. The van der Waals surface area contributed by atoms with Crippen LogP contribution in [0.3, 0.4) is 0 Å². The number of carboxylic acids is 1. The van der Waals surface area contributed by atoms with E-state index >= 15 is 0 Å². The van der Waals surface area contributed by atoms with E-state index in [0.29, 0.717) is 13.0 Å². The lowest BCUT2D eigenvalue weighted by molar-refractivity contribution is -0.139. The number of nitrogens with one attached hydrogen (secondary N) is 1. The van der Waals surface area contributed by atoms with Crippen LogP contribution in [0.1, 0.15) is 25.3 Å². The van der Waals surface area contributed by atoms with Crippen LogP contribution in [0, 0.1) is 0 Å². The van der Waals surface area contributed by atoms with E-state index in [-0.39, 0.29) is 12.1 Å². The van der Waals surface area contributed by atoms with Gasteiger partial charge in [-0.3, -0.25) is 0 Å². The first-order valence-corrected chi connectivity index (χ1v) is 6.95. The highest BCUT2D eigenvalue weighted by Crippen LogP contribution is 2.26. The van der Waals surface area contributed by atoms with E-state index in [2.05, 4.69) is 5.32 Å². The smallest absolute Gasteiger partial charge is 0.326 e. The predicted molar refractivity (Wildman–Crippen MR) is 75.5 cm³/mol. The number of carbonyl (C=O) groups is 2. The van der Waals surface area contributed by atoms with Crippen LogP contribution in [0.5, 0.6) is 0 Å². The summed E-state index contributed by atoms with van der Waals surface area (Å²) in [4.78, 5) is 25.1. The molecule has 108 valence electrons. The van der Waals surface area contributed by atoms with Crippen LogP contribution in [0.2, 0.25) is 0 Å². The van der Waals surface area contributed by atoms with Crippen molar-refractivity contribution in [3.63, 3.8) is 0 Å². The summed E-state index contributed by atoms with van der Waals surface area (Å²) >= 11 is 0. The Bertz CT molecular complexity index is 471. The first-order valence-electron chi connectivity index (χ1n) is 6.95. The molecular weight excluding hydrogens is 256 g/mol. The van der Waals surface area contributed by atoms with Crippen molar-refractivity contribution in [1.29, 1.82) is 0 Å². The summed E-state index contributed by atoms with van der Waals surface area (Å²) in [5.74, 6) is -1.01. The standard InChI is InChI=1S/C15H20N2O3/c1-2-17(12-8-9-12)15(20)16-13(14(18)19)10-11-6-4-3-5-7-11/h3-7,12-13H,2,8-10H2,1H3,(H,16,20)(H,18,19)/t13-/m0/s1. The molecular formula is C15H20N2O3. The Hall–Kier alpha value is -2.04. The molecule has 0 radical (unpaired) electrons. The zero-order valence-corrected chi connectivity index (χ0v) is 11.6. The fourth-order valence-electron chi connectivity index (χ4n) is 2.24. The molecule has 1 fully saturated rings. The molecule has 5 heteroatoms. The highest BCUT2D eigenvalue weighted by molar-refractivity contribution is 5.83. The fraction of sp³-hybridized carbons (Fsp3) is 0.467. The summed E-state index contributed by atoms with van der Waals surface area (Å²) in [5, 5.41) is 11.9. The minimum absolute atomic E-state index is 0.279. The number of hydrogen-bond acceptors (Lipinski definition) is 2. The van der Waals surface area contributed by atoms with Gasteiger partial charge in [-0.1, -0.05) is 30.3 Å². The Kier molecular flexibility index (Phi) is 4.61. The lowest BCUT2D eigenvalue weighted by Gasteiger charge is -2.23. The number of hydrogen-bond donors (Lipinski definition) is 2. The SMILES string of the molecule is CCN(C(=O)N[C@@H](Cc1ccccc1)C(=O)O)C1CC1. The monoisotopic (exact) mass is 276 g/mol. The first-order chi connectivity index (χ1) is 9.61. The van der Waals surface area contributed by atoms with Gasteiger partial charge in [0, 0.05) is 19.0 Å². The maximum absolute atomic E-state index is 12.1. The van der Waals surface area contributed by atoms with Gasteiger partial charge in [0.2, 0.25) is 0 Å². The van der Waals surface area contributed by atoms with Crippen molar-refractivity contribution in [1.82, 2.24) is 10.2 Å². The van der Waals surface area contributed by atoms with Crippen molar-refractivity contribution in [2.45, 2.75) is 38.3 Å². The number of aliphatic carboxylic acids is 1. The summed E-state index contributed by atoms with van der Waals surface area (Å²) < 4.78 is 0. The van der Waals surface area contributed by atoms with Crippen LogP contribution < -0.4 is 5.32 Å². The number of rotatable bonds is 6. The number of amides is 2. The minimum Gasteiger partial charge on any atom is -0.480 e. The molecule has 1 atom stereocenters. The maximum Gasteiger partial charge on any atom is 0.326 e. The molecule has 20 heavy (non-hydrogen) atoms. The Morgan fingerprint density at radius 1 is 1.35 bits per heavy atom. The molecule has 0 aromatic heterocycles. The zero-order chi connectivity index (χ0) is 14.5. The molecule has 0 aliphatic heterocycles. The molecule has 2 amide bonds. The molecule has 1 aromatic carbocycles. The summed E-state index contributed by atoms with van der Waals surface area (Å²) in [5.41, 5.74) is 0.898. The molecule has 0 bridgehead atoms. The van der Waals surface area contributed by atoms with Gasteiger partial charge in [0.1, 0.15) is 6.04 Å². The molecule has 0 unspecified atom stereocenters. The van der Waals surface area contributed by atoms with Gasteiger partial charge in [-0.05, 0) is 25.3 Å². The van der Waals surface area contributed by atoms with Crippen molar-refractivity contribution in [3.8, 4) is 0 Å². The molecule has 1 aliphatic rings. The van der Waals surface area contributed by atoms with Crippen molar-refractivity contribution in [2.75, 3.05) is 6.54 Å². The number of carbonyl (C=O) groups excluding carboxylic acids is 1. The van der Waals surface area contributed by atoms with E-state index in [4.69, 9.17) is 0 Å². The summed E-state index contributed by atoms with van der Waals surface area (Å²) in [6.45, 7) is 2.51. The van der Waals surface area contributed by atoms with Crippen molar-refractivity contribution < 1.29 is 14.7 Å². The molecule has 1 aromatic rings. The van der Waals surface area contributed by atoms with E-state index in [1.165, 1.54) is 0 Å². The lowest BCUT2D eigenvalue weighted by atomic mass is 10.1. The number of carboxylic acid groups (broad SMARTS) is 1. The van der Waals surface area contributed by atoms with Gasteiger partial charge in [-0.2, -0.15) is 0 Å². The average Bonchev–Trinajstić information content (AvgIpc) is 3.24. The van der Waals surface area contributed by atoms with Crippen LogP contribution >= 0.6 is 0 Å². The number of nitrogens with zero attached hydrogens (tertiary/aromatic N) is 1. The van der Waals surface area contributed by atoms with Gasteiger partial charge in [-0.15, -0.1) is 0 Å². The second-order valence-corrected chi connectivity index (χ2v) is 5.05. The van der Waals surface area contributed by atoms with Crippen LogP contribution in [-0.2, 0) is 11.2 Å². The van der Waals surface area contributed by atoms with Crippen LogP contribution in [0.15, 0.2) is 30.3 Å². The summed E-state index contributed by atoms with van der Waals surface area (Å²) in [6.07, 6.45) is 2.32. The molecule has 1 aliphatic carbocycles. The van der Waals surface area contributed by atoms with Gasteiger partial charge < -0.3 is 15.3 Å². The summed E-state index contributed by atoms with van der Waals surface area (Å²) in [6, 6.07) is 8.43. The highest BCUT2D eigenvalue weighted by atomic mass is 16.4. The predicted octanol–water partition coefficient (Wildman–Crippen LogP) is 1.88. The second-order valence-electron chi connectivity index (χ2n) is 5.05. The van der Waals surface area contributed by atoms with E-state index in [1.54, 1.807) is 4.90 Å². The van der Waals surface area contributed by atoms with E-state index in [0.717, 1.165) is 18.4 Å². The zero-order valence-electron chi connectivity index (χ0n) is 11.6. The van der Waals surface area contributed by atoms with Crippen molar-refractivity contribution in [3.05, 3.63) is 35.9 Å². The van der Waals surface area contributed by atoms with Crippen LogP contribution in [-0.4, -0.2) is 40.6 Å². The van der Waals surface area contributed by atoms with Gasteiger partial charge in [0.15, 0.2) is 0 Å². The quantitative estimate of drug-likeness (QED) is 0.833. The van der Waals surface area contributed by atoms with Gasteiger partial charge in [-0.25, -0.2) is 9.59 Å². The van der Waals surface area contributed by atoms with Crippen molar-refractivity contribution >= 4 is 12.0 Å². The normalized spacial score (nSPS) is 15.4. The largest absolute Gasteiger partial charge is 0.480 e. The van der Waals surface area contributed by atoms with Crippen LogP contribution in [0.4, 0.5) is 4.79 Å². The van der Waals surface area contributed by atoms with Gasteiger partial charge in [0.25, 0.3) is 0 Å². The number of urea groups is 1. The van der Waals surface area contributed by atoms with E-state index in [9.17, 15) is 14.7 Å². The summed E-state index contributed by atoms with van der Waals surface area (Å²) in [7, 11) is 0. The third kappa shape index (κ3) is 3.73. The Labute approximate surface area is 118 Å². The minimum atomic E-state index is -1.01. The Morgan fingerprint density at radius 2 is 2.00 bits per heavy atom. The van der Waals surface area contributed by atoms with Gasteiger partial charge >= 0.3 is 12.0 Å². The van der Waals surface area contributed by atoms with Crippen molar-refractivity contribution in [2.24, 2.45) is 0 Å². The topological polar surface area (TPSA) is 69.6 Å². The molecule has 5 nitrogen and oxygen atoms in total. The van der Waals surface area contributed by atoms with E-state index < -0.39 is 12.0 Å². The fourth-order valence-corrected chi connectivity index (χ4v) is 2.24. The lowest BCUT2D eigenvalue weighted by Crippen LogP contribution is -2.49.